The zero-order chi connectivity index (χ0) is 20.1. The summed E-state index contributed by atoms with van der Waals surface area (Å²) in [4.78, 5) is 16.6. The van der Waals surface area contributed by atoms with E-state index in [-0.39, 0.29) is 17.6 Å². The Morgan fingerprint density at radius 3 is 2.61 bits per heavy atom. The molecule has 0 radical (unpaired) electrons. The standard InChI is InChI=1S/C19H18ClF3N4O/c1-2-3-10-8-13-15(14(28)9-10)16(11-4-6-12(20)7-5-11)27-18(24-13)25-17(26-27)19(21,22)23/h4-7,10,16H,2-3,8-9H2,1H3,(H,24,25,26). The summed E-state index contributed by atoms with van der Waals surface area (Å²) in [6.45, 7) is 2.05. The zero-order valence-electron chi connectivity index (χ0n) is 15.1. The first-order chi connectivity index (χ1) is 13.3. The van der Waals surface area contributed by atoms with Crippen LogP contribution in [-0.4, -0.2) is 20.5 Å². The number of carbonyl (C=O) groups is 1. The molecule has 2 atom stereocenters. The van der Waals surface area contributed by atoms with Crippen LogP contribution in [0.25, 0.3) is 0 Å². The Labute approximate surface area is 164 Å². The second kappa shape index (κ2) is 6.92. The normalized spacial score (nSPS) is 22.0. The molecule has 1 aromatic carbocycles. The molecular formula is C19H18ClF3N4O. The SMILES string of the molecule is CCCC1CC(=O)C2=C(C1)Nc1nc(C(F)(F)F)nn1C2c1ccc(Cl)cc1. The van der Waals surface area contributed by atoms with Crippen molar-refractivity contribution in [3.63, 3.8) is 0 Å². The fraction of sp³-hybridized carbons (Fsp3) is 0.421. The average molecular weight is 411 g/mol. The molecule has 9 heteroatoms. The van der Waals surface area contributed by atoms with Crippen molar-refractivity contribution in [1.82, 2.24) is 14.8 Å². The number of carbonyl (C=O) groups excluding carboxylic acids is 1. The Morgan fingerprint density at radius 2 is 1.96 bits per heavy atom. The number of ketones is 1. The quantitative estimate of drug-likeness (QED) is 0.773. The Kier molecular flexibility index (Phi) is 4.69. The van der Waals surface area contributed by atoms with Gasteiger partial charge in [-0.1, -0.05) is 37.1 Å². The number of rotatable bonds is 3. The molecule has 28 heavy (non-hydrogen) atoms. The van der Waals surface area contributed by atoms with Crippen molar-refractivity contribution in [2.24, 2.45) is 5.92 Å². The van der Waals surface area contributed by atoms with Gasteiger partial charge in [0.2, 0.25) is 5.95 Å². The van der Waals surface area contributed by atoms with Crippen LogP contribution >= 0.6 is 11.6 Å². The summed E-state index contributed by atoms with van der Waals surface area (Å²) in [5, 5.41) is 7.12. The van der Waals surface area contributed by atoms with Crippen molar-refractivity contribution in [2.75, 3.05) is 5.32 Å². The number of halogens is 4. The van der Waals surface area contributed by atoms with Gasteiger partial charge in [0.1, 0.15) is 6.04 Å². The Morgan fingerprint density at radius 1 is 1.25 bits per heavy atom. The Balaban J connectivity index is 1.85. The van der Waals surface area contributed by atoms with Gasteiger partial charge >= 0.3 is 6.18 Å². The van der Waals surface area contributed by atoms with Crippen LogP contribution in [0.1, 0.15) is 50.0 Å². The zero-order valence-corrected chi connectivity index (χ0v) is 15.8. The van der Waals surface area contributed by atoms with Crippen LogP contribution in [0.15, 0.2) is 35.5 Å². The van der Waals surface area contributed by atoms with Crippen LogP contribution in [0.3, 0.4) is 0 Å². The topological polar surface area (TPSA) is 59.8 Å². The number of allylic oxidation sites excluding steroid dienone is 2. The lowest BCUT2D eigenvalue weighted by atomic mass is 9.79. The van der Waals surface area contributed by atoms with Gasteiger partial charge in [-0.05, 0) is 36.5 Å². The molecule has 2 aromatic rings. The van der Waals surface area contributed by atoms with E-state index in [1.165, 1.54) is 0 Å². The summed E-state index contributed by atoms with van der Waals surface area (Å²) in [6.07, 6.45) is -1.86. The molecule has 148 valence electrons. The fourth-order valence-corrected chi connectivity index (χ4v) is 4.10. The minimum absolute atomic E-state index is 0.00373. The van der Waals surface area contributed by atoms with Gasteiger partial charge in [-0.25, -0.2) is 4.68 Å². The summed E-state index contributed by atoms with van der Waals surface area (Å²) in [7, 11) is 0. The van der Waals surface area contributed by atoms with Crippen molar-refractivity contribution in [3.8, 4) is 0 Å². The molecule has 2 aliphatic rings. The number of anilines is 1. The number of benzene rings is 1. The average Bonchev–Trinajstić information content (AvgIpc) is 3.05. The Bertz CT molecular complexity index is 949. The van der Waals surface area contributed by atoms with E-state index in [1.54, 1.807) is 24.3 Å². The molecule has 0 saturated carbocycles. The van der Waals surface area contributed by atoms with Gasteiger partial charge < -0.3 is 5.32 Å². The van der Waals surface area contributed by atoms with Gasteiger partial charge in [0.25, 0.3) is 5.82 Å². The van der Waals surface area contributed by atoms with Crippen LogP contribution < -0.4 is 5.32 Å². The number of fused-ring (bicyclic) bond motifs is 1. The van der Waals surface area contributed by atoms with Gasteiger partial charge in [0.05, 0.1) is 0 Å². The summed E-state index contributed by atoms with van der Waals surface area (Å²) in [5.41, 5.74) is 1.74. The second-order valence-electron chi connectivity index (χ2n) is 7.16. The van der Waals surface area contributed by atoms with Gasteiger partial charge in [-0.2, -0.15) is 18.2 Å². The number of aromatic nitrogens is 3. The van der Waals surface area contributed by atoms with Gasteiger partial charge in [0.15, 0.2) is 5.78 Å². The van der Waals surface area contributed by atoms with Crippen LogP contribution in [-0.2, 0) is 11.0 Å². The van der Waals surface area contributed by atoms with Gasteiger partial charge in [-0.3, -0.25) is 4.79 Å². The summed E-state index contributed by atoms with van der Waals surface area (Å²) < 4.78 is 40.8. The van der Waals surface area contributed by atoms with Crippen molar-refractivity contribution < 1.29 is 18.0 Å². The third-order valence-electron chi connectivity index (χ3n) is 5.14. The maximum atomic E-state index is 13.2. The van der Waals surface area contributed by atoms with E-state index in [0.29, 0.717) is 34.7 Å². The molecule has 4 rings (SSSR count). The molecule has 2 unspecified atom stereocenters. The number of nitrogens with zero attached hydrogens (tertiary/aromatic N) is 3. The number of nitrogens with one attached hydrogen (secondary N) is 1. The number of hydrogen-bond donors (Lipinski definition) is 1. The van der Waals surface area contributed by atoms with Gasteiger partial charge in [-0.15, -0.1) is 5.10 Å². The molecule has 5 nitrogen and oxygen atoms in total. The first-order valence-electron chi connectivity index (χ1n) is 9.10. The molecule has 2 heterocycles. The molecule has 1 aliphatic carbocycles. The van der Waals surface area contributed by atoms with Crippen LogP contribution in [0.4, 0.5) is 19.1 Å². The minimum Gasteiger partial charge on any atom is -0.328 e. The third-order valence-corrected chi connectivity index (χ3v) is 5.39. The molecule has 0 spiro atoms. The molecule has 1 aromatic heterocycles. The van der Waals surface area contributed by atoms with Crippen molar-refractivity contribution in [1.29, 1.82) is 0 Å². The highest BCUT2D eigenvalue weighted by molar-refractivity contribution is 6.30. The van der Waals surface area contributed by atoms with E-state index in [9.17, 15) is 18.0 Å². The van der Waals surface area contributed by atoms with E-state index >= 15 is 0 Å². The second-order valence-corrected chi connectivity index (χ2v) is 7.60. The highest BCUT2D eigenvalue weighted by Crippen LogP contribution is 2.43. The first-order valence-corrected chi connectivity index (χ1v) is 9.48. The lowest BCUT2D eigenvalue weighted by Crippen LogP contribution is -2.34. The molecular weight excluding hydrogens is 393 g/mol. The van der Waals surface area contributed by atoms with Gasteiger partial charge in [0, 0.05) is 22.7 Å². The molecule has 1 aliphatic heterocycles. The fourth-order valence-electron chi connectivity index (χ4n) is 3.98. The van der Waals surface area contributed by atoms with E-state index in [1.807, 2.05) is 6.92 Å². The summed E-state index contributed by atoms with van der Waals surface area (Å²) in [5.74, 6) is -1.13. The predicted octanol–water partition coefficient (Wildman–Crippen LogP) is 5.00. The number of alkyl halides is 3. The van der Waals surface area contributed by atoms with E-state index < -0.39 is 18.0 Å². The molecule has 0 amide bonds. The lowest BCUT2D eigenvalue weighted by molar-refractivity contribution is -0.145. The molecule has 0 saturated heterocycles. The van der Waals surface area contributed by atoms with Crippen molar-refractivity contribution >= 4 is 23.3 Å². The minimum atomic E-state index is -4.67. The molecule has 0 bridgehead atoms. The van der Waals surface area contributed by atoms with E-state index in [0.717, 1.165) is 17.5 Å². The predicted molar refractivity (Wildman–Crippen MR) is 97.9 cm³/mol. The van der Waals surface area contributed by atoms with Crippen LogP contribution in [0.2, 0.25) is 5.02 Å². The number of Topliss-reactive ketones (excluding diaryl/α,β-unsaturated/α-hetero) is 1. The number of hydrogen-bond acceptors (Lipinski definition) is 4. The largest absolute Gasteiger partial charge is 0.453 e. The van der Waals surface area contributed by atoms with E-state index in [4.69, 9.17) is 11.6 Å². The molecule has 1 N–H and O–H groups in total. The maximum absolute atomic E-state index is 13.2. The highest BCUT2D eigenvalue weighted by atomic mass is 35.5. The monoisotopic (exact) mass is 410 g/mol. The lowest BCUT2D eigenvalue weighted by Gasteiger charge is -2.35. The molecule has 0 fully saturated rings. The van der Waals surface area contributed by atoms with Crippen molar-refractivity contribution in [3.05, 3.63) is 51.9 Å². The smallest absolute Gasteiger partial charge is 0.328 e. The third kappa shape index (κ3) is 3.30. The van der Waals surface area contributed by atoms with Crippen LogP contribution in [0, 0.1) is 5.92 Å². The maximum Gasteiger partial charge on any atom is 0.453 e. The summed E-state index contributed by atoms with van der Waals surface area (Å²) in [6, 6.07) is 5.93. The van der Waals surface area contributed by atoms with Crippen molar-refractivity contribution in [2.45, 2.75) is 44.8 Å². The van der Waals surface area contributed by atoms with Crippen LogP contribution in [0.5, 0.6) is 0 Å². The Hall–Kier alpha value is -2.35. The highest BCUT2D eigenvalue weighted by Gasteiger charge is 2.43. The van der Waals surface area contributed by atoms with E-state index in [2.05, 4.69) is 15.4 Å². The summed E-state index contributed by atoms with van der Waals surface area (Å²) >= 11 is 5.96. The first kappa shape index (κ1) is 19.0.